The first-order valence-corrected chi connectivity index (χ1v) is 7.52. The molecule has 2 aromatic carbocycles. The maximum atomic E-state index is 12.1. The number of anilines is 1. The Morgan fingerprint density at radius 3 is 2.37 bits per heavy atom. The third-order valence-electron chi connectivity index (χ3n) is 2.30. The van der Waals surface area contributed by atoms with Crippen LogP contribution in [0.4, 0.5) is 5.69 Å². The Hall–Kier alpha value is -0.550. The third kappa shape index (κ3) is 3.96. The summed E-state index contributed by atoms with van der Waals surface area (Å²) in [5.41, 5.74) is 1.00. The predicted molar refractivity (Wildman–Crippen MR) is 86.3 cm³/mol. The van der Waals surface area contributed by atoms with Gasteiger partial charge < -0.3 is 5.32 Å². The Labute approximate surface area is 137 Å². The second-order valence-electron chi connectivity index (χ2n) is 3.74. The second-order valence-corrected chi connectivity index (χ2v) is 6.41. The minimum Gasteiger partial charge on any atom is -0.321 e. The van der Waals surface area contributed by atoms with E-state index in [9.17, 15) is 4.79 Å². The number of carbonyl (C=O) groups excluding carboxylic acids is 1. The summed E-state index contributed by atoms with van der Waals surface area (Å²) in [6, 6.07) is 10.2. The number of hydrogen-bond acceptors (Lipinski definition) is 1. The predicted octanol–water partition coefficient (Wildman–Crippen LogP) is 5.77. The van der Waals surface area contributed by atoms with Crippen LogP contribution >= 0.6 is 55.1 Å². The fourth-order valence-electron chi connectivity index (χ4n) is 1.47. The van der Waals surface area contributed by atoms with Crippen LogP contribution in [-0.2, 0) is 0 Å². The highest BCUT2D eigenvalue weighted by Crippen LogP contribution is 2.27. The van der Waals surface area contributed by atoms with E-state index in [1.165, 1.54) is 0 Å². The Balaban J connectivity index is 2.25. The van der Waals surface area contributed by atoms with E-state index in [2.05, 4.69) is 37.2 Å². The van der Waals surface area contributed by atoms with Crippen LogP contribution in [0.2, 0.25) is 10.0 Å². The lowest BCUT2D eigenvalue weighted by Crippen LogP contribution is -2.12. The molecule has 0 aliphatic rings. The molecule has 2 aromatic rings. The molecular formula is C13H7Br2Cl2NO. The number of halogens is 4. The molecule has 0 unspecified atom stereocenters. The van der Waals surface area contributed by atoms with Crippen LogP contribution < -0.4 is 5.32 Å². The number of hydrogen-bond donors (Lipinski definition) is 1. The molecule has 19 heavy (non-hydrogen) atoms. The van der Waals surface area contributed by atoms with Gasteiger partial charge in [0.1, 0.15) is 0 Å². The van der Waals surface area contributed by atoms with E-state index in [1.54, 1.807) is 36.4 Å². The van der Waals surface area contributed by atoms with E-state index in [1.807, 2.05) is 0 Å². The van der Waals surface area contributed by atoms with Crippen molar-refractivity contribution in [2.24, 2.45) is 0 Å². The van der Waals surface area contributed by atoms with Crippen molar-refractivity contribution in [1.82, 2.24) is 0 Å². The summed E-state index contributed by atoms with van der Waals surface area (Å²) >= 11 is 18.6. The summed E-state index contributed by atoms with van der Waals surface area (Å²) in [5, 5.41) is 3.69. The van der Waals surface area contributed by atoms with Gasteiger partial charge in [-0.1, -0.05) is 55.1 Å². The van der Waals surface area contributed by atoms with E-state index in [4.69, 9.17) is 23.2 Å². The van der Waals surface area contributed by atoms with Gasteiger partial charge in [-0.15, -0.1) is 0 Å². The molecule has 0 aromatic heterocycles. The summed E-state index contributed by atoms with van der Waals surface area (Å²) in [6.45, 7) is 0. The van der Waals surface area contributed by atoms with Crippen LogP contribution in [0.1, 0.15) is 10.4 Å². The summed E-state index contributed by atoms with van der Waals surface area (Å²) < 4.78 is 1.59. The lowest BCUT2D eigenvalue weighted by molar-refractivity contribution is 0.102. The first kappa shape index (κ1) is 14.9. The first-order valence-electron chi connectivity index (χ1n) is 5.18. The van der Waals surface area contributed by atoms with Crippen molar-refractivity contribution in [3.8, 4) is 0 Å². The van der Waals surface area contributed by atoms with Crippen molar-refractivity contribution in [3.05, 3.63) is 61.0 Å². The van der Waals surface area contributed by atoms with Crippen LogP contribution in [0.3, 0.4) is 0 Å². The van der Waals surface area contributed by atoms with E-state index in [-0.39, 0.29) is 5.91 Å². The molecule has 0 heterocycles. The smallest absolute Gasteiger partial charge is 0.255 e. The molecule has 0 aliphatic heterocycles. The van der Waals surface area contributed by atoms with Gasteiger partial charge >= 0.3 is 0 Å². The molecule has 1 N–H and O–H groups in total. The highest BCUT2D eigenvalue weighted by molar-refractivity contribution is 9.10. The number of carbonyl (C=O) groups is 1. The van der Waals surface area contributed by atoms with E-state index < -0.39 is 0 Å². The minimum atomic E-state index is -0.271. The molecule has 0 radical (unpaired) electrons. The molecule has 98 valence electrons. The molecule has 0 spiro atoms. The van der Waals surface area contributed by atoms with E-state index >= 15 is 0 Å². The second kappa shape index (κ2) is 6.27. The van der Waals surface area contributed by atoms with Gasteiger partial charge in [0.2, 0.25) is 0 Å². The number of benzene rings is 2. The molecule has 0 fully saturated rings. The molecule has 2 rings (SSSR count). The van der Waals surface area contributed by atoms with Gasteiger partial charge in [0.15, 0.2) is 0 Å². The number of rotatable bonds is 2. The molecule has 1 amide bonds. The van der Waals surface area contributed by atoms with Crippen LogP contribution in [0, 0.1) is 0 Å². The Morgan fingerprint density at radius 2 is 1.74 bits per heavy atom. The van der Waals surface area contributed by atoms with Crippen LogP contribution in [-0.4, -0.2) is 5.91 Å². The maximum absolute atomic E-state index is 12.1. The lowest BCUT2D eigenvalue weighted by Gasteiger charge is -2.08. The van der Waals surface area contributed by atoms with Crippen LogP contribution in [0.25, 0.3) is 0 Å². The van der Waals surface area contributed by atoms with Crippen molar-refractivity contribution in [2.75, 3.05) is 5.32 Å². The number of nitrogens with one attached hydrogen (secondary N) is 1. The summed E-state index contributed by atoms with van der Waals surface area (Å²) in [6.07, 6.45) is 0. The molecule has 6 heteroatoms. The third-order valence-corrected chi connectivity index (χ3v) is 3.79. The van der Waals surface area contributed by atoms with Gasteiger partial charge in [-0.25, -0.2) is 0 Å². The summed E-state index contributed by atoms with van der Waals surface area (Å²) in [4.78, 5) is 12.1. The van der Waals surface area contributed by atoms with Crippen molar-refractivity contribution in [3.63, 3.8) is 0 Å². The quantitative estimate of drug-likeness (QED) is 0.652. The van der Waals surface area contributed by atoms with Gasteiger partial charge in [0.25, 0.3) is 5.91 Å². The first-order chi connectivity index (χ1) is 8.95. The van der Waals surface area contributed by atoms with Gasteiger partial charge in [0, 0.05) is 19.5 Å². The Morgan fingerprint density at radius 1 is 1.00 bits per heavy atom. The maximum Gasteiger partial charge on any atom is 0.255 e. The average molecular weight is 424 g/mol. The summed E-state index contributed by atoms with van der Waals surface area (Å²) in [7, 11) is 0. The molecule has 2 nitrogen and oxygen atoms in total. The highest BCUT2D eigenvalue weighted by Gasteiger charge is 2.10. The van der Waals surface area contributed by atoms with Gasteiger partial charge in [-0.3, -0.25) is 4.79 Å². The molecular weight excluding hydrogens is 417 g/mol. The van der Waals surface area contributed by atoms with Gasteiger partial charge in [0.05, 0.1) is 10.7 Å². The molecule has 0 atom stereocenters. The topological polar surface area (TPSA) is 29.1 Å². The zero-order chi connectivity index (χ0) is 14.0. The fraction of sp³-hybridized carbons (Fsp3) is 0. The van der Waals surface area contributed by atoms with Crippen molar-refractivity contribution < 1.29 is 4.79 Å². The van der Waals surface area contributed by atoms with E-state index in [0.29, 0.717) is 21.3 Å². The highest BCUT2D eigenvalue weighted by atomic mass is 79.9. The SMILES string of the molecule is O=C(Nc1ccc(Br)cc1Cl)c1cc(Cl)cc(Br)c1. The molecule has 0 aliphatic carbocycles. The molecule has 0 saturated heterocycles. The van der Waals surface area contributed by atoms with Crippen molar-refractivity contribution in [1.29, 1.82) is 0 Å². The van der Waals surface area contributed by atoms with Crippen LogP contribution in [0.5, 0.6) is 0 Å². The van der Waals surface area contributed by atoms with Gasteiger partial charge in [-0.05, 0) is 36.4 Å². The Kier molecular flexibility index (Phi) is 4.90. The van der Waals surface area contributed by atoms with E-state index in [0.717, 1.165) is 8.95 Å². The lowest BCUT2D eigenvalue weighted by atomic mass is 10.2. The zero-order valence-electron chi connectivity index (χ0n) is 9.38. The van der Waals surface area contributed by atoms with Crippen molar-refractivity contribution >= 4 is 66.7 Å². The normalized spacial score (nSPS) is 10.3. The van der Waals surface area contributed by atoms with Gasteiger partial charge in [-0.2, -0.15) is 0 Å². The van der Waals surface area contributed by atoms with Crippen molar-refractivity contribution in [2.45, 2.75) is 0 Å². The minimum absolute atomic E-state index is 0.271. The monoisotopic (exact) mass is 421 g/mol. The summed E-state index contributed by atoms with van der Waals surface area (Å²) in [5.74, 6) is -0.271. The largest absolute Gasteiger partial charge is 0.321 e. The molecule has 0 bridgehead atoms. The fourth-order valence-corrected chi connectivity index (χ4v) is 3.05. The van der Waals surface area contributed by atoms with Crippen LogP contribution in [0.15, 0.2) is 45.3 Å². The average Bonchev–Trinajstić information content (AvgIpc) is 2.31. The molecule has 0 saturated carbocycles. The number of amides is 1. The standard InChI is InChI=1S/C13H7Br2Cl2NO/c14-8-1-2-12(11(17)6-8)18-13(19)7-3-9(15)5-10(16)4-7/h1-6H,(H,18,19). The Bertz CT molecular complexity index is 626. The zero-order valence-corrected chi connectivity index (χ0v) is 14.1.